The Hall–Kier alpha value is -4.40. The molecule has 152 valence electrons. The lowest BCUT2D eigenvalue weighted by atomic mass is 10.0. The van der Waals surface area contributed by atoms with Gasteiger partial charge in [-0.25, -0.2) is 9.97 Å². The van der Waals surface area contributed by atoms with Crippen molar-refractivity contribution in [1.82, 2.24) is 19.9 Å². The molecule has 9 heteroatoms. The lowest BCUT2D eigenvalue weighted by molar-refractivity contribution is -0.384. The number of nitro groups is 1. The number of Topliss-reactive ketones (excluding diaryl/α,β-unsaturated/α-hetero) is 2. The summed E-state index contributed by atoms with van der Waals surface area (Å²) in [6, 6.07) is 10.5. The average Bonchev–Trinajstić information content (AvgIpc) is 2.80. The Morgan fingerprint density at radius 3 is 1.71 bits per heavy atom. The molecule has 4 aromatic rings. The maximum Gasteiger partial charge on any atom is 0.271 e. The molecule has 0 saturated heterocycles. The number of carbonyl (C=O) groups excluding carboxylic acids is 2. The van der Waals surface area contributed by atoms with Crippen LogP contribution in [0.4, 0.5) is 5.69 Å². The van der Waals surface area contributed by atoms with E-state index in [9.17, 15) is 19.7 Å². The van der Waals surface area contributed by atoms with Gasteiger partial charge in [-0.05, 0) is 30.3 Å². The number of nitro benzene ring substituents is 1. The summed E-state index contributed by atoms with van der Waals surface area (Å²) in [6.45, 7) is 0. The van der Waals surface area contributed by atoms with Crippen LogP contribution in [0.25, 0.3) is 11.0 Å². The molecule has 0 spiro atoms. The Labute approximate surface area is 176 Å². The third-order valence-corrected chi connectivity index (χ3v) is 4.67. The van der Waals surface area contributed by atoms with Gasteiger partial charge in [0.25, 0.3) is 5.69 Å². The summed E-state index contributed by atoms with van der Waals surface area (Å²) in [6.07, 6.45) is 5.89. The zero-order valence-electron chi connectivity index (χ0n) is 16.1. The number of aromatic nitrogens is 4. The molecule has 0 amide bonds. The van der Waals surface area contributed by atoms with Gasteiger partial charge in [-0.15, -0.1) is 0 Å². The monoisotopic (exact) mass is 413 g/mol. The summed E-state index contributed by atoms with van der Waals surface area (Å²) in [5, 5.41) is 11.1. The minimum absolute atomic E-state index is 0.0666. The number of carbonyl (C=O) groups is 2. The van der Waals surface area contributed by atoms with Crippen LogP contribution < -0.4 is 0 Å². The molecule has 0 aliphatic heterocycles. The van der Waals surface area contributed by atoms with Crippen LogP contribution >= 0.6 is 0 Å². The molecule has 0 fully saturated rings. The molecular weight excluding hydrogens is 398 g/mol. The lowest BCUT2D eigenvalue weighted by Gasteiger charge is -2.10. The smallest absolute Gasteiger partial charge is 0.271 e. The summed E-state index contributed by atoms with van der Waals surface area (Å²) in [5.41, 5.74) is 2.13. The zero-order chi connectivity index (χ0) is 21.8. The first-order chi connectivity index (χ1) is 15.0. The van der Waals surface area contributed by atoms with Gasteiger partial charge in [0.2, 0.25) is 0 Å². The van der Waals surface area contributed by atoms with Crippen LogP contribution in [-0.4, -0.2) is 36.4 Å². The fraction of sp³-hybridized carbons (Fsp3) is 0.0909. The first kappa shape index (κ1) is 19.9. The second-order valence-electron chi connectivity index (χ2n) is 6.72. The van der Waals surface area contributed by atoms with Crippen molar-refractivity contribution in [3.63, 3.8) is 0 Å². The van der Waals surface area contributed by atoms with Crippen molar-refractivity contribution in [1.29, 1.82) is 0 Å². The first-order valence-electron chi connectivity index (χ1n) is 9.31. The van der Waals surface area contributed by atoms with Crippen LogP contribution in [0.15, 0.2) is 67.3 Å². The number of rotatable bonds is 7. The van der Waals surface area contributed by atoms with E-state index in [-0.39, 0.29) is 35.6 Å². The second kappa shape index (κ2) is 8.54. The number of pyridine rings is 2. The fourth-order valence-electron chi connectivity index (χ4n) is 3.10. The van der Waals surface area contributed by atoms with Crippen molar-refractivity contribution >= 4 is 28.3 Å². The van der Waals surface area contributed by atoms with Crippen molar-refractivity contribution in [2.24, 2.45) is 0 Å². The molecule has 0 N–H and O–H groups in total. The average molecular weight is 413 g/mol. The third kappa shape index (κ3) is 4.45. The van der Waals surface area contributed by atoms with Crippen LogP contribution in [0, 0.1) is 10.1 Å². The number of non-ortho nitro benzene ring substituents is 1. The SMILES string of the molecule is O=C(Cc1nc2ccc([N+](=O)[O-])cc2nc1CC(=O)c1ccncc1)c1ccncc1. The molecule has 0 atom stereocenters. The lowest BCUT2D eigenvalue weighted by Crippen LogP contribution is -2.13. The molecule has 3 heterocycles. The highest BCUT2D eigenvalue weighted by Crippen LogP contribution is 2.21. The van der Waals surface area contributed by atoms with E-state index in [0.717, 1.165) is 0 Å². The molecule has 0 aliphatic carbocycles. The first-order valence-corrected chi connectivity index (χ1v) is 9.31. The summed E-state index contributed by atoms with van der Waals surface area (Å²) < 4.78 is 0. The van der Waals surface area contributed by atoms with Gasteiger partial charge in [-0.2, -0.15) is 0 Å². The molecule has 4 rings (SSSR count). The summed E-state index contributed by atoms with van der Waals surface area (Å²) in [5.74, 6) is -0.422. The van der Waals surface area contributed by atoms with Gasteiger partial charge in [0.15, 0.2) is 11.6 Å². The Balaban J connectivity index is 1.75. The number of nitrogens with zero attached hydrogens (tertiary/aromatic N) is 5. The molecule has 31 heavy (non-hydrogen) atoms. The third-order valence-electron chi connectivity index (χ3n) is 4.67. The quantitative estimate of drug-likeness (QED) is 0.257. The van der Waals surface area contributed by atoms with Crippen LogP contribution in [0.2, 0.25) is 0 Å². The molecule has 0 radical (unpaired) electrons. The van der Waals surface area contributed by atoms with Crippen LogP contribution in [0.3, 0.4) is 0 Å². The number of hydrogen-bond donors (Lipinski definition) is 0. The van der Waals surface area contributed by atoms with Gasteiger partial charge in [0.05, 0.1) is 40.2 Å². The van der Waals surface area contributed by atoms with Crippen molar-refractivity contribution in [2.75, 3.05) is 0 Å². The highest BCUT2D eigenvalue weighted by atomic mass is 16.6. The van der Waals surface area contributed by atoms with Gasteiger partial charge in [0.1, 0.15) is 0 Å². The molecule has 0 saturated carbocycles. The molecule has 1 aromatic carbocycles. The predicted molar refractivity (Wildman–Crippen MR) is 111 cm³/mol. The second-order valence-corrected chi connectivity index (χ2v) is 6.72. The predicted octanol–water partition coefficient (Wildman–Crippen LogP) is 3.18. The summed E-state index contributed by atoms with van der Waals surface area (Å²) in [4.78, 5) is 52.8. The summed E-state index contributed by atoms with van der Waals surface area (Å²) in [7, 11) is 0. The minimum atomic E-state index is -0.524. The maximum atomic E-state index is 12.7. The van der Waals surface area contributed by atoms with E-state index in [0.29, 0.717) is 28.0 Å². The van der Waals surface area contributed by atoms with E-state index in [2.05, 4.69) is 19.9 Å². The molecule has 0 unspecified atom stereocenters. The van der Waals surface area contributed by atoms with Crippen molar-refractivity contribution in [3.05, 3.63) is 99.9 Å². The highest BCUT2D eigenvalue weighted by molar-refractivity contribution is 5.99. The van der Waals surface area contributed by atoms with Gasteiger partial charge in [-0.1, -0.05) is 0 Å². The molecule has 0 bridgehead atoms. The van der Waals surface area contributed by atoms with E-state index in [4.69, 9.17) is 0 Å². The van der Waals surface area contributed by atoms with Crippen LogP contribution in [-0.2, 0) is 12.8 Å². The van der Waals surface area contributed by atoms with Crippen molar-refractivity contribution in [2.45, 2.75) is 12.8 Å². The number of fused-ring (bicyclic) bond motifs is 1. The standard InChI is InChI=1S/C22H15N5O4/c28-21(14-3-7-23-8-4-14)12-19-20(13-22(29)15-5-9-24-10-6-15)26-18-11-16(27(30)31)1-2-17(18)25-19/h1-11H,12-13H2. The number of benzene rings is 1. The maximum absolute atomic E-state index is 12.7. The van der Waals surface area contributed by atoms with E-state index >= 15 is 0 Å². The van der Waals surface area contributed by atoms with E-state index in [1.165, 1.54) is 43.0 Å². The Morgan fingerprint density at radius 2 is 1.23 bits per heavy atom. The van der Waals surface area contributed by atoms with E-state index < -0.39 is 4.92 Å². The Morgan fingerprint density at radius 1 is 0.742 bits per heavy atom. The Bertz CT molecular complexity index is 1290. The topological polar surface area (TPSA) is 129 Å². The number of ketones is 2. The van der Waals surface area contributed by atoms with Crippen LogP contribution in [0.5, 0.6) is 0 Å². The van der Waals surface area contributed by atoms with Gasteiger partial charge >= 0.3 is 0 Å². The van der Waals surface area contributed by atoms with Crippen LogP contribution in [0.1, 0.15) is 32.1 Å². The van der Waals surface area contributed by atoms with Crippen molar-refractivity contribution in [3.8, 4) is 0 Å². The molecule has 9 nitrogen and oxygen atoms in total. The highest BCUT2D eigenvalue weighted by Gasteiger charge is 2.19. The van der Waals surface area contributed by atoms with Crippen molar-refractivity contribution < 1.29 is 14.5 Å². The van der Waals surface area contributed by atoms with Gasteiger partial charge < -0.3 is 0 Å². The normalized spacial score (nSPS) is 10.7. The fourth-order valence-corrected chi connectivity index (χ4v) is 3.10. The molecular formula is C22H15N5O4. The van der Waals surface area contributed by atoms with Gasteiger partial charge in [-0.3, -0.25) is 29.7 Å². The largest absolute Gasteiger partial charge is 0.294 e. The summed E-state index contributed by atoms with van der Waals surface area (Å²) >= 11 is 0. The van der Waals surface area contributed by atoms with E-state index in [1.807, 2.05) is 0 Å². The minimum Gasteiger partial charge on any atom is -0.294 e. The molecule has 0 aliphatic rings. The molecule has 3 aromatic heterocycles. The van der Waals surface area contributed by atoms with Gasteiger partial charge in [0, 0.05) is 48.0 Å². The Kier molecular flexibility index (Phi) is 5.48. The number of hydrogen-bond acceptors (Lipinski definition) is 8. The van der Waals surface area contributed by atoms with E-state index in [1.54, 1.807) is 24.3 Å². The zero-order valence-corrected chi connectivity index (χ0v) is 16.1.